The molecule has 1 unspecified atom stereocenters. The third-order valence-electron chi connectivity index (χ3n) is 3.53. The molecule has 0 radical (unpaired) electrons. The second-order valence-electron chi connectivity index (χ2n) is 4.96. The Morgan fingerprint density at radius 2 is 2.30 bits per heavy atom. The van der Waals surface area contributed by atoms with Crippen LogP contribution in [-0.2, 0) is 21.4 Å². The fraction of sp³-hybridized carbons (Fsp3) is 0.615. The van der Waals surface area contributed by atoms with Gasteiger partial charge in [-0.15, -0.1) is 11.3 Å². The standard InChI is InChI=1S/C13H20N2O3S2/c1-3-14(10-11-6-5-9-19-11)13(16)12-7-4-8-15(12)20(2,17)18/h5-6,9,12H,3-4,7-8,10H2,1-2H3. The second-order valence-corrected chi connectivity index (χ2v) is 7.93. The van der Waals surface area contributed by atoms with Gasteiger partial charge in [0, 0.05) is 18.0 Å². The Labute approximate surface area is 124 Å². The summed E-state index contributed by atoms with van der Waals surface area (Å²) >= 11 is 1.61. The van der Waals surface area contributed by atoms with Crippen molar-refractivity contribution in [3.63, 3.8) is 0 Å². The Bertz CT molecular complexity index is 554. The van der Waals surface area contributed by atoms with Crippen molar-refractivity contribution in [3.05, 3.63) is 22.4 Å². The van der Waals surface area contributed by atoms with Gasteiger partial charge in [0.25, 0.3) is 0 Å². The molecule has 0 saturated carbocycles. The van der Waals surface area contributed by atoms with E-state index in [1.807, 2.05) is 24.4 Å². The van der Waals surface area contributed by atoms with Crippen molar-refractivity contribution in [3.8, 4) is 0 Å². The molecule has 1 fully saturated rings. The van der Waals surface area contributed by atoms with Crippen molar-refractivity contribution in [2.45, 2.75) is 32.4 Å². The third-order valence-corrected chi connectivity index (χ3v) is 5.69. The van der Waals surface area contributed by atoms with E-state index in [4.69, 9.17) is 0 Å². The van der Waals surface area contributed by atoms with Crippen molar-refractivity contribution in [1.82, 2.24) is 9.21 Å². The maximum atomic E-state index is 12.6. The summed E-state index contributed by atoms with van der Waals surface area (Å²) in [6.45, 7) is 3.52. The molecule has 5 nitrogen and oxygen atoms in total. The van der Waals surface area contributed by atoms with E-state index in [-0.39, 0.29) is 5.91 Å². The Balaban J connectivity index is 2.12. The highest BCUT2D eigenvalue weighted by Crippen LogP contribution is 2.23. The molecule has 0 aliphatic carbocycles. The van der Waals surface area contributed by atoms with Gasteiger partial charge in [-0.25, -0.2) is 8.42 Å². The lowest BCUT2D eigenvalue weighted by molar-refractivity contribution is -0.135. The molecule has 0 bridgehead atoms. The van der Waals surface area contributed by atoms with E-state index in [2.05, 4.69) is 0 Å². The number of carbonyl (C=O) groups excluding carboxylic acids is 1. The van der Waals surface area contributed by atoms with Gasteiger partial charge >= 0.3 is 0 Å². The number of amides is 1. The van der Waals surface area contributed by atoms with Crippen molar-refractivity contribution < 1.29 is 13.2 Å². The van der Waals surface area contributed by atoms with Crippen LogP contribution in [-0.4, -0.2) is 48.9 Å². The molecule has 2 rings (SSSR count). The van der Waals surface area contributed by atoms with Gasteiger partial charge in [-0.3, -0.25) is 4.79 Å². The second kappa shape index (κ2) is 6.24. The smallest absolute Gasteiger partial charge is 0.241 e. The Hall–Kier alpha value is -0.920. The molecule has 1 aliphatic heterocycles. The zero-order valence-electron chi connectivity index (χ0n) is 11.8. The highest BCUT2D eigenvalue weighted by atomic mass is 32.2. The monoisotopic (exact) mass is 316 g/mol. The van der Waals surface area contributed by atoms with E-state index in [0.717, 1.165) is 11.3 Å². The van der Waals surface area contributed by atoms with Crippen molar-refractivity contribution in [2.24, 2.45) is 0 Å². The number of sulfonamides is 1. The molecule has 1 atom stereocenters. The first-order valence-electron chi connectivity index (χ1n) is 6.71. The molecule has 7 heteroatoms. The quantitative estimate of drug-likeness (QED) is 0.827. The van der Waals surface area contributed by atoms with Crippen LogP contribution in [0, 0.1) is 0 Å². The highest BCUT2D eigenvalue weighted by Gasteiger charge is 2.38. The van der Waals surface area contributed by atoms with E-state index in [9.17, 15) is 13.2 Å². The molecule has 1 amide bonds. The fourth-order valence-corrected chi connectivity index (χ4v) is 4.37. The summed E-state index contributed by atoms with van der Waals surface area (Å²) in [5.41, 5.74) is 0. The van der Waals surface area contributed by atoms with Gasteiger partial charge in [-0.2, -0.15) is 4.31 Å². The normalized spacial score (nSPS) is 20.2. The van der Waals surface area contributed by atoms with Crippen LogP contribution < -0.4 is 0 Å². The van der Waals surface area contributed by atoms with Gasteiger partial charge in [-0.1, -0.05) is 6.07 Å². The van der Waals surface area contributed by atoms with E-state index >= 15 is 0 Å². The summed E-state index contributed by atoms with van der Waals surface area (Å²) in [5.74, 6) is -0.0798. The number of hydrogen-bond acceptors (Lipinski definition) is 4. The first-order chi connectivity index (χ1) is 9.43. The number of nitrogens with zero attached hydrogens (tertiary/aromatic N) is 2. The zero-order valence-corrected chi connectivity index (χ0v) is 13.4. The summed E-state index contributed by atoms with van der Waals surface area (Å²) in [6.07, 6.45) is 2.54. The van der Waals surface area contributed by atoms with E-state index < -0.39 is 16.1 Å². The number of rotatable bonds is 5. The molecule has 1 aromatic heterocycles. The lowest BCUT2D eigenvalue weighted by Crippen LogP contribution is -2.47. The van der Waals surface area contributed by atoms with Crippen LogP contribution >= 0.6 is 11.3 Å². The highest BCUT2D eigenvalue weighted by molar-refractivity contribution is 7.88. The van der Waals surface area contributed by atoms with Crippen LogP contribution in [0.5, 0.6) is 0 Å². The van der Waals surface area contributed by atoms with Crippen LogP contribution in [0.2, 0.25) is 0 Å². The fourth-order valence-electron chi connectivity index (χ4n) is 2.53. The molecule has 20 heavy (non-hydrogen) atoms. The van der Waals surface area contributed by atoms with Crippen molar-refractivity contribution in [1.29, 1.82) is 0 Å². The van der Waals surface area contributed by atoms with Crippen LogP contribution in [0.1, 0.15) is 24.6 Å². The zero-order chi connectivity index (χ0) is 14.8. The maximum absolute atomic E-state index is 12.6. The SMILES string of the molecule is CCN(Cc1cccs1)C(=O)C1CCCN1S(C)(=O)=O. The Kier molecular flexibility index (Phi) is 4.82. The van der Waals surface area contributed by atoms with Gasteiger partial charge in [0.05, 0.1) is 12.8 Å². The Morgan fingerprint density at radius 1 is 1.55 bits per heavy atom. The van der Waals surface area contributed by atoms with E-state index in [1.165, 1.54) is 10.6 Å². The average molecular weight is 316 g/mol. The van der Waals surface area contributed by atoms with Gasteiger partial charge in [0.15, 0.2) is 0 Å². The molecule has 0 N–H and O–H groups in total. The number of likely N-dealkylation sites (N-methyl/N-ethyl adjacent to an activating group) is 1. The van der Waals surface area contributed by atoms with Gasteiger partial charge in [0.2, 0.25) is 15.9 Å². The molecule has 2 heterocycles. The van der Waals surface area contributed by atoms with Crippen LogP contribution in [0.25, 0.3) is 0 Å². The first kappa shape index (κ1) is 15.5. The van der Waals surface area contributed by atoms with E-state index in [0.29, 0.717) is 26.1 Å². The van der Waals surface area contributed by atoms with Gasteiger partial charge in [0.1, 0.15) is 6.04 Å². The predicted molar refractivity (Wildman–Crippen MR) is 80.0 cm³/mol. The predicted octanol–water partition coefficient (Wildman–Crippen LogP) is 1.52. The summed E-state index contributed by atoms with van der Waals surface area (Å²) in [7, 11) is -3.31. The maximum Gasteiger partial charge on any atom is 0.241 e. The number of thiophene rings is 1. The summed E-state index contributed by atoms with van der Waals surface area (Å²) in [6, 6.07) is 3.42. The molecular formula is C13H20N2O3S2. The molecule has 112 valence electrons. The summed E-state index contributed by atoms with van der Waals surface area (Å²) in [5, 5.41) is 1.98. The van der Waals surface area contributed by atoms with Crippen LogP contribution in [0.3, 0.4) is 0 Å². The summed E-state index contributed by atoms with van der Waals surface area (Å²) in [4.78, 5) is 15.4. The number of hydrogen-bond donors (Lipinski definition) is 0. The van der Waals surface area contributed by atoms with Gasteiger partial charge in [-0.05, 0) is 31.2 Å². The summed E-state index contributed by atoms with van der Waals surface area (Å²) < 4.78 is 24.8. The molecule has 0 spiro atoms. The van der Waals surface area contributed by atoms with Gasteiger partial charge < -0.3 is 4.90 Å². The molecule has 1 aromatic rings. The molecular weight excluding hydrogens is 296 g/mol. The van der Waals surface area contributed by atoms with E-state index in [1.54, 1.807) is 16.2 Å². The molecule has 1 aliphatic rings. The minimum Gasteiger partial charge on any atom is -0.336 e. The molecule has 1 saturated heterocycles. The Morgan fingerprint density at radius 3 is 2.85 bits per heavy atom. The van der Waals surface area contributed by atoms with Crippen molar-refractivity contribution >= 4 is 27.3 Å². The number of carbonyl (C=O) groups is 1. The third kappa shape index (κ3) is 3.39. The molecule has 0 aromatic carbocycles. The van der Waals surface area contributed by atoms with Crippen LogP contribution in [0.15, 0.2) is 17.5 Å². The van der Waals surface area contributed by atoms with Crippen LogP contribution in [0.4, 0.5) is 0 Å². The minimum absolute atomic E-state index is 0.0798. The van der Waals surface area contributed by atoms with Crippen molar-refractivity contribution in [2.75, 3.05) is 19.3 Å². The lowest BCUT2D eigenvalue weighted by Gasteiger charge is -2.28. The average Bonchev–Trinajstić information content (AvgIpc) is 3.05. The lowest BCUT2D eigenvalue weighted by atomic mass is 10.2. The largest absolute Gasteiger partial charge is 0.336 e. The first-order valence-corrected chi connectivity index (χ1v) is 9.44. The topological polar surface area (TPSA) is 57.7 Å². The minimum atomic E-state index is -3.31.